The zero-order chi connectivity index (χ0) is 15.4. The van der Waals surface area contributed by atoms with Crippen LogP contribution in [0.2, 0.25) is 0 Å². The molecular formula is C15H19FN2O3. The van der Waals surface area contributed by atoms with E-state index in [1.165, 1.54) is 0 Å². The molecule has 1 aliphatic rings. The molecule has 0 aromatic heterocycles. The van der Waals surface area contributed by atoms with Gasteiger partial charge in [-0.1, -0.05) is 26.2 Å². The summed E-state index contributed by atoms with van der Waals surface area (Å²) in [6.45, 7) is 2.07. The summed E-state index contributed by atoms with van der Waals surface area (Å²) in [5, 5.41) is 13.8. The van der Waals surface area contributed by atoms with Gasteiger partial charge in [0.2, 0.25) is 0 Å². The van der Waals surface area contributed by atoms with Gasteiger partial charge in [-0.3, -0.25) is 14.9 Å². The number of carbonyl (C=O) groups is 1. The van der Waals surface area contributed by atoms with Crippen LogP contribution in [0.5, 0.6) is 0 Å². The molecule has 0 saturated heterocycles. The van der Waals surface area contributed by atoms with Crippen molar-refractivity contribution in [1.29, 1.82) is 0 Å². The fourth-order valence-electron chi connectivity index (χ4n) is 2.80. The molecular weight excluding hydrogens is 275 g/mol. The molecule has 5 nitrogen and oxygen atoms in total. The second-order valence-corrected chi connectivity index (χ2v) is 5.61. The van der Waals surface area contributed by atoms with Gasteiger partial charge >= 0.3 is 0 Å². The Balaban J connectivity index is 2.19. The molecule has 114 valence electrons. The number of hydrogen-bond donors (Lipinski definition) is 1. The molecule has 1 aromatic rings. The van der Waals surface area contributed by atoms with E-state index in [9.17, 15) is 19.3 Å². The van der Waals surface area contributed by atoms with Gasteiger partial charge in [0.05, 0.1) is 4.92 Å². The molecule has 21 heavy (non-hydrogen) atoms. The van der Waals surface area contributed by atoms with E-state index >= 15 is 0 Å². The highest BCUT2D eigenvalue weighted by Crippen LogP contribution is 2.25. The van der Waals surface area contributed by atoms with Crippen LogP contribution in [0.3, 0.4) is 0 Å². The summed E-state index contributed by atoms with van der Waals surface area (Å²) >= 11 is 0. The second-order valence-electron chi connectivity index (χ2n) is 5.61. The molecule has 1 amide bonds. The zero-order valence-electron chi connectivity index (χ0n) is 12.0. The third-order valence-electron chi connectivity index (χ3n) is 4.08. The van der Waals surface area contributed by atoms with Crippen molar-refractivity contribution in [1.82, 2.24) is 5.32 Å². The first kappa shape index (κ1) is 15.4. The summed E-state index contributed by atoms with van der Waals surface area (Å²) in [7, 11) is 0. The molecule has 2 rings (SSSR count). The predicted octanol–water partition coefficient (Wildman–Crippen LogP) is 3.43. The van der Waals surface area contributed by atoms with Crippen LogP contribution in [0.15, 0.2) is 18.2 Å². The third kappa shape index (κ3) is 3.77. The number of nitro benzene ring substituents is 1. The van der Waals surface area contributed by atoms with E-state index in [-0.39, 0.29) is 17.3 Å². The summed E-state index contributed by atoms with van der Waals surface area (Å²) in [6.07, 6.45) is 5.18. The van der Waals surface area contributed by atoms with Crippen molar-refractivity contribution in [2.24, 2.45) is 5.92 Å². The Morgan fingerprint density at radius 3 is 2.76 bits per heavy atom. The summed E-state index contributed by atoms with van der Waals surface area (Å²) in [5.74, 6) is -0.899. The van der Waals surface area contributed by atoms with E-state index in [1.54, 1.807) is 0 Å². The van der Waals surface area contributed by atoms with Crippen molar-refractivity contribution >= 4 is 11.6 Å². The van der Waals surface area contributed by atoms with Gasteiger partial charge in [0.1, 0.15) is 11.4 Å². The van der Waals surface area contributed by atoms with E-state index in [1.807, 2.05) is 0 Å². The highest BCUT2D eigenvalue weighted by molar-refractivity contribution is 5.98. The van der Waals surface area contributed by atoms with Gasteiger partial charge in [-0.25, -0.2) is 4.39 Å². The number of amides is 1. The van der Waals surface area contributed by atoms with Crippen LogP contribution in [0.4, 0.5) is 10.1 Å². The molecule has 0 heterocycles. The van der Waals surface area contributed by atoms with Gasteiger partial charge in [0.15, 0.2) is 0 Å². The van der Waals surface area contributed by atoms with Crippen molar-refractivity contribution in [2.75, 3.05) is 0 Å². The first-order valence-corrected chi connectivity index (χ1v) is 7.24. The van der Waals surface area contributed by atoms with E-state index < -0.39 is 16.6 Å². The fraction of sp³-hybridized carbons (Fsp3) is 0.533. The summed E-state index contributed by atoms with van der Waals surface area (Å²) in [6, 6.07) is 2.93. The maximum Gasteiger partial charge on any atom is 0.282 e. The molecule has 2 unspecified atom stereocenters. The third-order valence-corrected chi connectivity index (χ3v) is 4.08. The van der Waals surface area contributed by atoms with Crippen LogP contribution in [0, 0.1) is 21.8 Å². The number of halogens is 1. The zero-order valence-corrected chi connectivity index (χ0v) is 12.0. The molecule has 1 fully saturated rings. The van der Waals surface area contributed by atoms with Gasteiger partial charge < -0.3 is 5.32 Å². The van der Waals surface area contributed by atoms with Crippen molar-refractivity contribution in [3.05, 3.63) is 39.7 Å². The van der Waals surface area contributed by atoms with Gasteiger partial charge in [0, 0.05) is 12.1 Å². The van der Waals surface area contributed by atoms with E-state index in [2.05, 4.69) is 12.2 Å². The normalized spacial score (nSPS) is 22.4. The summed E-state index contributed by atoms with van der Waals surface area (Å²) in [4.78, 5) is 22.6. The number of benzene rings is 1. The Labute approximate surface area is 122 Å². The monoisotopic (exact) mass is 294 g/mol. The van der Waals surface area contributed by atoms with Gasteiger partial charge in [0.25, 0.3) is 11.6 Å². The second kappa shape index (κ2) is 6.65. The molecule has 1 aromatic carbocycles. The lowest BCUT2D eigenvalue weighted by atomic mass is 9.96. The lowest BCUT2D eigenvalue weighted by Crippen LogP contribution is -2.39. The van der Waals surface area contributed by atoms with E-state index in [4.69, 9.17) is 0 Å². The van der Waals surface area contributed by atoms with Crippen molar-refractivity contribution in [3.8, 4) is 0 Å². The topological polar surface area (TPSA) is 72.2 Å². The molecule has 2 atom stereocenters. The quantitative estimate of drug-likeness (QED) is 0.527. The van der Waals surface area contributed by atoms with Crippen LogP contribution in [0.25, 0.3) is 0 Å². The minimum Gasteiger partial charge on any atom is -0.349 e. The summed E-state index contributed by atoms with van der Waals surface area (Å²) < 4.78 is 13.3. The SMILES string of the molecule is CC1CCCCCC1NC(=O)c1cc(F)ccc1[N+](=O)[O-]. The first-order valence-electron chi connectivity index (χ1n) is 7.24. The largest absolute Gasteiger partial charge is 0.349 e. The van der Waals surface area contributed by atoms with Gasteiger partial charge in [-0.2, -0.15) is 0 Å². The molecule has 0 bridgehead atoms. The molecule has 1 aliphatic carbocycles. The molecule has 1 N–H and O–H groups in total. The molecule has 0 spiro atoms. The average Bonchev–Trinajstić information content (AvgIpc) is 2.63. The Morgan fingerprint density at radius 1 is 1.33 bits per heavy atom. The minimum atomic E-state index is -0.662. The first-order chi connectivity index (χ1) is 9.99. The van der Waals surface area contributed by atoms with Gasteiger partial charge in [-0.15, -0.1) is 0 Å². The molecule has 6 heteroatoms. The molecule has 1 saturated carbocycles. The fourth-order valence-corrected chi connectivity index (χ4v) is 2.80. The molecule has 0 radical (unpaired) electrons. The Morgan fingerprint density at radius 2 is 2.05 bits per heavy atom. The number of rotatable bonds is 3. The number of hydrogen-bond acceptors (Lipinski definition) is 3. The number of nitro groups is 1. The van der Waals surface area contributed by atoms with E-state index in [0.717, 1.165) is 50.3 Å². The number of nitrogens with zero attached hydrogens (tertiary/aromatic N) is 1. The average molecular weight is 294 g/mol. The van der Waals surface area contributed by atoms with Crippen LogP contribution in [-0.2, 0) is 0 Å². The van der Waals surface area contributed by atoms with Crippen molar-refractivity contribution < 1.29 is 14.1 Å². The van der Waals surface area contributed by atoms with Crippen LogP contribution >= 0.6 is 0 Å². The standard InChI is InChI=1S/C15H19FN2O3/c1-10-5-3-2-4-6-13(10)17-15(19)12-9-11(16)7-8-14(12)18(20)21/h7-10,13H,2-6H2,1H3,(H,17,19). The van der Waals surface area contributed by atoms with Crippen LogP contribution in [-0.4, -0.2) is 16.9 Å². The Bertz CT molecular complexity index is 548. The number of nitrogens with one attached hydrogen (secondary N) is 1. The maximum absolute atomic E-state index is 13.3. The summed E-state index contributed by atoms with van der Waals surface area (Å²) in [5.41, 5.74) is -0.577. The van der Waals surface area contributed by atoms with Crippen molar-refractivity contribution in [3.63, 3.8) is 0 Å². The molecule has 0 aliphatic heterocycles. The van der Waals surface area contributed by atoms with E-state index in [0.29, 0.717) is 5.92 Å². The predicted molar refractivity (Wildman–Crippen MR) is 76.6 cm³/mol. The van der Waals surface area contributed by atoms with Crippen LogP contribution < -0.4 is 5.32 Å². The maximum atomic E-state index is 13.3. The minimum absolute atomic E-state index is 0.0112. The van der Waals surface area contributed by atoms with Crippen molar-refractivity contribution in [2.45, 2.75) is 45.1 Å². The Hall–Kier alpha value is -1.98. The highest BCUT2D eigenvalue weighted by Gasteiger charge is 2.26. The number of carbonyl (C=O) groups excluding carboxylic acids is 1. The van der Waals surface area contributed by atoms with Gasteiger partial charge in [-0.05, 0) is 30.9 Å². The Kier molecular flexibility index (Phi) is 4.88. The lowest BCUT2D eigenvalue weighted by molar-refractivity contribution is -0.385. The highest BCUT2D eigenvalue weighted by atomic mass is 19.1. The smallest absolute Gasteiger partial charge is 0.282 e. The lowest BCUT2D eigenvalue weighted by Gasteiger charge is -2.22. The van der Waals surface area contributed by atoms with Crippen LogP contribution in [0.1, 0.15) is 49.4 Å².